The molecule has 5 nitrogen and oxygen atoms in total. The predicted octanol–water partition coefficient (Wildman–Crippen LogP) is 2.07. The van der Waals surface area contributed by atoms with Gasteiger partial charge in [0.2, 0.25) is 0 Å². The number of carboxylic acids is 1. The molecule has 0 aromatic heterocycles. The molecule has 2 rings (SSSR count). The van der Waals surface area contributed by atoms with Gasteiger partial charge in [-0.1, -0.05) is 13.3 Å². The second-order valence-corrected chi connectivity index (χ2v) is 6.28. The van der Waals surface area contributed by atoms with Crippen LogP contribution in [0.4, 0.5) is 4.79 Å². The van der Waals surface area contributed by atoms with E-state index in [4.69, 9.17) is 5.11 Å². The summed E-state index contributed by atoms with van der Waals surface area (Å²) in [6.07, 6.45) is 5.32. The second kappa shape index (κ2) is 5.80. The number of nitrogens with zero attached hydrogens (tertiary/aromatic N) is 1. The van der Waals surface area contributed by atoms with Crippen molar-refractivity contribution in [1.82, 2.24) is 10.2 Å². The summed E-state index contributed by atoms with van der Waals surface area (Å²) >= 11 is 0. The van der Waals surface area contributed by atoms with Crippen molar-refractivity contribution in [3.05, 3.63) is 0 Å². The van der Waals surface area contributed by atoms with Crippen molar-refractivity contribution in [3.63, 3.8) is 0 Å². The highest BCUT2D eigenvalue weighted by molar-refractivity contribution is 5.74. The van der Waals surface area contributed by atoms with Gasteiger partial charge in [-0.15, -0.1) is 0 Å². The van der Waals surface area contributed by atoms with E-state index < -0.39 is 5.97 Å². The van der Waals surface area contributed by atoms with Crippen LogP contribution in [0.3, 0.4) is 0 Å². The quantitative estimate of drug-likeness (QED) is 0.820. The third kappa shape index (κ3) is 3.61. The molecule has 1 saturated carbocycles. The maximum absolute atomic E-state index is 12.1. The average Bonchev–Trinajstić information content (AvgIpc) is 2.31. The van der Waals surface area contributed by atoms with Gasteiger partial charge in [-0.3, -0.25) is 4.79 Å². The van der Waals surface area contributed by atoms with Crippen LogP contribution in [0.2, 0.25) is 0 Å². The number of amides is 2. The highest BCUT2D eigenvalue weighted by Gasteiger charge is 2.39. The smallest absolute Gasteiger partial charge is 0.317 e. The molecule has 2 N–H and O–H groups in total. The first-order chi connectivity index (χ1) is 9.01. The van der Waals surface area contributed by atoms with Crippen LogP contribution in [0.15, 0.2) is 0 Å². The molecule has 2 aliphatic rings. The molecule has 1 unspecified atom stereocenters. The van der Waals surface area contributed by atoms with Gasteiger partial charge in [0.1, 0.15) is 0 Å². The summed E-state index contributed by atoms with van der Waals surface area (Å²) in [7, 11) is 0. The number of carboxylic acid groups (broad SMARTS) is 1. The van der Waals surface area contributed by atoms with Crippen molar-refractivity contribution in [3.8, 4) is 0 Å². The van der Waals surface area contributed by atoms with Crippen LogP contribution in [0, 0.1) is 11.3 Å². The molecular weight excluding hydrogens is 244 g/mol. The zero-order valence-corrected chi connectivity index (χ0v) is 11.7. The first-order valence-electron chi connectivity index (χ1n) is 7.25. The van der Waals surface area contributed by atoms with E-state index in [0.717, 1.165) is 38.8 Å². The third-order valence-electron chi connectivity index (χ3n) is 4.50. The maximum Gasteiger partial charge on any atom is 0.317 e. The fourth-order valence-electron chi connectivity index (χ4n) is 3.16. The average molecular weight is 268 g/mol. The van der Waals surface area contributed by atoms with Crippen LogP contribution in [0.5, 0.6) is 0 Å². The van der Waals surface area contributed by atoms with Gasteiger partial charge < -0.3 is 15.3 Å². The number of nitrogens with one attached hydrogen (secondary N) is 1. The fourth-order valence-corrected chi connectivity index (χ4v) is 3.16. The van der Waals surface area contributed by atoms with E-state index in [9.17, 15) is 9.59 Å². The first kappa shape index (κ1) is 14.2. The predicted molar refractivity (Wildman–Crippen MR) is 71.9 cm³/mol. The molecule has 0 spiro atoms. The lowest BCUT2D eigenvalue weighted by Gasteiger charge is -2.41. The second-order valence-electron chi connectivity index (χ2n) is 6.28. The molecule has 0 aromatic rings. The van der Waals surface area contributed by atoms with Gasteiger partial charge in [-0.2, -0.15) is 0 Å². The van der Waals surface area contributed by atoms with Gasteiger partial charge in [-0.05, 0) is 37.0 Å². The minimum absolute atomic E-state index is 0.0248. The van der Waals surface area contributed by atoms with Crippen molar-refractivity contribution in [1.29, 1.82) is 0 Å². The Morgan fingerprint density at radius 3 is 2.63 bits per heavy atom. The Kier molecular flexibility index (Phi) is 4.32. The zero-order valence-electron chi connectivity index (χ0n) is 11.7. The van der Waals surface area contributed by atoms with Gasteiger partial charge in [-0.25, -0.2) is 4.79 Å². The van der Waals surface area contributed by atoms with Crippen LogP contribution < -0.4 is 5.32 Å². The SMILES string of the molecule is CC1CCCN(C(=O)NCC2(CC(=O)O)CCC2)C1. The minimum Gasteiger partial charge on any atom is -0.481 e. The van der Waals surface area contributed by atoms with Gasteiger partial charge in [0.25, 0.3) is 0 Å². The van der Waals surface area contributed by atoms with E-state index in [1.807, 2.05) is 4.90 Å². The van der Waals surface area contributed by atoms with Gasteiger partial charge in [0.15, 0.2) is 0 Å². The molecule has 1 aliphatic carbocycles. The molecule has 19 heavy (non-hydrogen) atoms. The van der Waals surface area contributed by atoms with E-state index in [-0.39, 0.29) is 17.9 Å². The van der Waals surface area contributed by atoms with E-state index in [1.165, 1.54) is 6.42 Å². The number of hydrogen-bond donors (Lipinski definition) is 2. The molecular formula is C14H24N2O3. The monoisotopic (exact) mass is 268 g/mol. The van der Waals surface area contributed by atoms with Crippen LogP contribution in [0.1, 0.15) is 45.4 Å². The first-order valence-corrected chi connectivity index (χ1v) is 7.25. The highest BCUT2D eigenvalue weighted by Crippen LogP contribution is 2.43. The summed E-state index contributed by atoms with van der Waals surface area (Å²) in [5.41, 5.74) is -0.192. The van der Waals surface area contributed by atoms with Crippen molar-refractivity contribution < 1.29 is 14.7 Å². The largest absolute Gasteiger partial charge is 0.481 e. The van der Waals surface area contributed by atoms with Crippen LogP contribution in [0.25, 0.3) is 0 Å². The zero-order chi connectivity index (χ0) is 13.9. The molecule has 1 saturated heterocycles. The molecule has 1 heterocycles. The molecule has 2 fully saturated rings. The normalized spacial score (nSPS) is 25.5. The molecule has 1 atom stereocenters. The summed E-state index contributed by atoms with van der Waals surface area (Å²) in [5, 5.41) is 11.9. The van der Waals surface area contributed by atoms with Gasteiger partial charge in [0, 0.05) is 19.6 Å². The van der Waals surface area contributed by atoms with Crippen molar-refractivity contribution in [2.75, 3.05) is 19.6 Å². The Morgan fingerprint density at radius 1 is 1.37 bits per heavy atom. The Labute approximate surface area is 114 Å². The summed E-state index contributed by atoms with van der Waals surface area (Å²) in [6, 6.07) is -0.0248. The molecule has 5 heteroatoms. The van der Waals surface area contributed by atoms with E-state index in [1.54, 1.807) is 0 Å². The number of carbonyl (C=O) groups is 2. The minimum atomic E-state index is -0.763. The van der Waals surface area contributed by atoms with Gasteiger partial charge in [0.05, 0.1) is 6.42 Å². The lowest BCUT2D eigenvalue weighted by atomic mass is 9.66. The Hall–Kier alpha value is -1.26. The number of likely N-dealkylation sites (tertiary alicyclic amines) is 1. The molecule has 0 radical (unpaired) electrons. The maximum atomic E-state index is 12.1. The molecule has 2 amide bonds. The molecule has 1 aliphatic heterocycles. The standard InChI is InChI=1S/C14H24N2O3/c1-11-4-2-7-16(9-11)13(19)15-10-14(5-3-6-14)8-12(17)18/h11H,2-10H2,1H3,(H,15,19)(H,17,18). The fraction of sp³-hybridized carbons (Fsp3) is 0.857. The summed E-state index contributed by atoms with van der Waals surface area (Å²) in [5.74, 6) is -0.197. The lowest BCUT2D eigenvalue weighted by Crippen LogP contribution is -2.50. The van der Waals surface area contributed by atoms with Crippen molar-refractivity contribution in [2.45, 2.75) is 45.4 Å². The highest BCUT2D eigenvalue weighted by atomic mass is 16.4. The van der Waals surface area contributed by atoms with Crippen molar-refractivity contribution >= 4 is 12.0 Å². The molecule has 108 valence electrons. The van der Waals surface area contributed by atoms with E-state index >= 15 is 0 Å². The Balaban J connectivity index is 1.80. The summed E-state index contributed by atoms with van der Waals surface area (Å²) in [4.78, 5) is 24.8. The van der Waals surface area contributed by atoms with Crippen LogP contribution in [-0.2, 0) is 4.79 Å². The lowest BCUT2D eigenvalue weighted by molar-refractivity contribution is -0.141. The number of hydrogen-bond acceptors (Lipinski definition) is 2. The van der Waals surface area contributed by atoms with Crippen LogP contribution in [-0.4, -0.2) is 41.6 Å². The Morgan fingerprint density at radius 2 is 2.11 bits per heavy atom. The molecule has 0 bridgehead atoms. The number of aliphatic carboxylic acids is 1. The number of rotatable bonds is 4. The topological polar surface area (TPSA) is 69.6 Å². The number of piperidine rings is 1. The number of urea groups is 1. The van der Waals surface area contributed by atoms with Gasteiger partial charge >= 0.3 is 12.0 Å². The third-order valence-corrected chi connectivity index (χ3v) is 4.50. The van der Waals surface area contributed by atoms with Crippen molar-refractivity contribution in [2.24, 2.45) is 11.3 Å². The summed E-state index contributed by atoms with van der Waals surface area (Å²) in [6.45, 7) is 4.31. The number of carbonyl (C=O) groups excluding carboxylic acids is 1. The van der Waals surface area contributed by atoms with E-state index in [0.29, 0.717) is 12.5 Å². The summed E-state index contributed by atoms with van der Waals surface area (Å²) < 4.78 is 0. The Bertz CT molecular complexity index is 353. The van der Waals surface area contributed by atoms with E-state index in [2.05, 4.69) is 12.2 Å². The van der Waals surface area contributed by atoms with Crippen LogP contribution >= 0.6 is 0 Å². The molecule has 0 aromatic carbocycles.